The van der Waals surface area contributed by atoms with Gasteiger partial charge in [0, 0.05) is 11.1 Å². The zero-order valence-electron chi connectivity index (χ0n) is 15.6. The summed E-state index contributed by atoms with van der Waals surface area (Å²) >= 11 is 6.49. The molecule has 0 atom stereocenters. The summed E-state index contributed by atoms with van der Waals surface area (Å²) in [5.74, 6) is 1.56. The fourth-order valence-electron chi connectivity index (χ4n) is 3.21. The fraction of sp³-hybridized carbons (Fsp3) is 0.0870. The molecule has 0 saturated heterocycles. The van der Waals surface area contributed by atoms with E-state index in [1.165, 1.54) is 0 Å². The molecule has 0 bridgehead atoms. The van der Waals surface area contributed by atoms with Crippen molar-refractivity contribution in [3.05, 3.63) is 84.1 Å². The fourth-order valence-corrected chi connectivity index (χ4v) is 3.43. The number of imidazole rings is 1. The summed E-state index contributed by atoms with van der Waals surface area (Å²) in [6, 6.07) is 23.5. The van der Waals surface area contributed by atoms with E-state index in [1.54, 1.807) is 20.5 Å². The minimum Gasteiger partial charge on any atom is -0.497 e. The van der Waals surface area contributed by atoms with Crippen LogP contribution >= 0.6 is 11.6 Å². The SMILES string of the molecule is COc1cccc(-c2ncn(-c3ccccc3Cl)c2-c2cccc(OC)c2)c1. The summed E-state index contributed by atoms with van der Waals surface area (Å²) in [7, 11) is 3.32. The molecule has 0 N–H and O–H groups in total. The van der Waals surface area contributed by atoms with E-state index in [4.69, 9.17) is 26.1 Å². The van der Waals surface area contributed by atoms with Crippen LogP contribution in [0.25, 0.3) is 28.2 Å². The number of aromatic nitrogens is 2. The number of para-hydroxylation sites is 1. The number of hydrogen-bond acceptors (Lipinski definition) is 3. The number of nitrogens with zero attached hydrogens (tertiary/aromatic N) is 2. The van der Waals surface area contributed by atoms with Gasteiger partial charge in [-0.15, -0.1) is 0 Å². The maximum absolute atomic E-state index is 6.49. The van der Waals surface area contributed by atoms with Crippen LogP contribution in [0.1, 0.15) is 0 Å². The van der Waals surface area contributed by atoms with E-state index in [-0.39, 0.29) is 0 Å². The zero-order valence-corrected chi connectivity index (χ0v) is 16.4. The van der Waals surface area contributed by atoms with Gasteiger partial charge in [-0.1, -0.05) is 48.0 Å². The van der Waals surface area contributed by atoms with Crippen molar-refractivity contribution in [2.24, 2.45) is 0 Å². The van der Waals surface area contributed by atoms with Crippen LogP contribution in [0.2, 0.25) is 5.02 Å². The van der Waals surface area contributed by atoms with Gasteiger partial charge < -0.3 is 9.47 Å². The number of rotatable bonds is 5. The second-order valence-corrected chi connectivity index (χ2v) is 6.63. The first-order valence-corrected chi connectivity index (χ1v) is 9.20. The first-order chi connectivity index (χ1) is 13.7. The lowest BCUT2D eigenvalue weighted by molar-refractivity contribution is 0.415. The molecular formula is C23H19ClN2O2. The summed E-state index contributed by atoms with van der Waals surface area (Å²) in [6.07, 6.45) is 1.80. The molecule has 0 aliphatic heterocycles. The number of methoxy groups -OCH3 is 2. The molecule has 0 aliphatic carbocycles. The van der Waals surface area contributed by atoms with E-state index in [1.807, 2.05) is 77.4 Å². The third kappa shape index (κ3) is 3.35. The van der Waals surface area contributed by atoms with Crippen molar-refractivity contribution in [2.45, 2.75) is 0 Å². The summed E-state index contributed by atoms with van der Waals surface area (Å²) < 4.78 is 12.8. The van der Waals surface area contributed by atoms with Crippen molar-refractivity contribution in [2.75, 3.05) is 14.2 Å². The Bertz CT molecular complexity index is 1120. The molecule has 0 aliphatic rings. The average Bonchev–Trinajstić information content (AvgIpc) is 3.19. The Balaban J connectivity index is 1.98. The van der Waals surface area contributed by atoms with Crippen LogP contribution in [0, 0.1) is 0 Å². The van der Waals surface area contributed by atoms with Gasteiger partial charge in [-0.3, -0.25) is 4.57 Å². The molecule has 1 aromatic heterocycles. The number of benzene rings is 3. The second kappa shape index (κ2) is 7.79. The standard InChI is InChI=1S/C23H19ClN2O2/c1-27-18-9-5-7-16(13-18)22-23(17-8-6-10-19(14-17)28-2)26(15-25-22)21-12-4-3-11-20(21)24/h3-15H,1-2H3. The highest BCUT2D eigenvalue weighted by Crippen LogP contribution is 2.37. The Morgan fingerprint density at radius 3 is 2.11 bits per heavy atom. The largest absolute Gasteiger partial charge is 0.497 e. The van der Waals surface area contributed by atoms with Gasteiger partial charge in [-0.2, -0.15) is 0 Å². The van der Waals surface area contributed by atoms with Crippen molar-refractivity contribution in [3.8, 4) is 39.7 Å². The minimum absolute atomic E-state index is 0.654. The van der Waals surface area contributed by atoms with Gasteiger partial charge in [0.1, 0.15) is 17.8 Å². The van der Waals surface area contributed by atoms with Gasteiger partial charge in [-0.05, 0) is 36.4 Å². The van der Waals surface area contributed by atoms with Crippen LogP contribution in [0.3, 0.4) is 0 Å². The first-order valence-electron chi connectivity index (χ1n) is 8.82. The van der Waals surface area contributed by atoms with E-state index in [2.05, 4.69) is 0 Å². The molecule has 4 aromatic rings. The normalized spacial score (nSPS) is 10.7. The maximum atomic E-state index is 6.49. The molecular weight excluding hydrogens is 372 g/mol. The summed E-state index contributed by atoms with van der Waals surface area (Å²) in [6.45, 7) is 0. The Labute approximate surface area is 169 Å². The van der Waals surface area contributed by atoms with Crippen molar-refractivity contribution < 1.29 is 9.47 Å². The van der Waals surface area contributed by atoms with Crippen molar-refractivity contribution in [1.29, 1.82) is 0 Å². The van der Waals surface area contributed by atoms with Crippen molar-refractivity contribution in [1.82, 2.24) is 9.55 Å². The Morgan fingerprint density at radius 2 is 1.43 bits per heavy atom. The lowest BCUT2D eigenvalue weighted by atomic mass is 10.0. The topological polar surface area (TPSA) is 36.3 Å². The highest BCUT2D eigenvalue weighted by molar-refractivity contribution is 6.32. The van der Waals surface area contributed by atoms with E-state index in [0.717, 1.165) is 39.7 Å². The monoisotopic (exact) mass is 390 g/mol. The van der Waals surface area contributed by atoms with E-state index in [0.29, 0.717) is 5.02 Å². The number of ether oxygens (including phenoxy) is 2. The van der Waals surface area contributed by atoms with Gasteiger partial charge >= 0.3 is 0 Å². The van der Waals surface area contributed by atoms with E-state index in [9.17, 15) is 0 Å². The first kappa shape index (κ1) is 18.1. The molecule has 4 rings (SSSR count). The molecule has 0 radical (unpaired) electrons. The highest BCUT2D eigenvalue weighted by Gasteiger charge is 2.18. The molecule has 3 aromatic carbocycles. The Hall–Kier alpha value is -3.24. The molecule has 0 fully saturated rings. The Morgan fingerprint density at radius 1 is 0.786 bits per heavy atom. The van der Waals surface area contributed by atoms with Gasteiger partial charge in [-0.25, -0.2) is 4.98 Å². The molecule has 5 heteroatoms. The van der Waals surface area contributed by atoms with Gasteiger partial charge in [0.2, 0.25) is 0 Å². The van der Waals surface area contributed by atoms with Crippen LogP contribution < -0.4 is 9.47 Å². The molecule has 28 heavy (non-hydrogen) atoms. The number of hydrogen-bond donors (Lipinski definition) is 0. The van der Waals surface area contributed by atoms with Crippen LogP contribution in [0.4, 0.5) is 0 Å². The van der Waals surface area contributed by atoms with Crippen LogP contribution in [0.15, 0.2) is 79.1 Å². The predicted octanol–water partition coefficient (Wildman–Crippen LogP) is 5.88. The summed E-state index contributed by atoms with van der Waals surface area (Å²) in [4.78, 5) is 4.72. The lowest BCUT2D eigenvalue weighted by Crippen LogP contribution is -1.97. The lowest BCUT2D eigenvalue weighted by Gasteiger charge is -2.13. The number of halogens is 1. The third-order valence-corrected chi connectivity index (χ3v) is 4.89. The predicted molar refractivity (Wildman–Crippen MR) is 113 cm³/mol. The maximum Gasteiger partial charge on any atom is 0.119 e. The molecule has 0 unspecified atom stereocenters. The minimum atomic E-state index is 0.654. The van der Waals surface area contributed by atoms with E-state index < -0.39 is 0 Å². The van der Waals surface area contributed by atoms with Gasteiger partial charge in [0.05, 0.1) is 36.3 Å². The highest BCUT2D eigenvalue weighted by atomic mass is 35.5. The third-order valence-electron chi connectivity index (χ3n) is 4.57. The molecule has 4 nitrogen and oxygen atoms in total. The average molecular weight is 391 g/mol. The van der Waals surface area contributed by atoms with Crippen molar-refractivity contribution in [3.63, 3.8) is 0 Å². The summed E-state index contributed by atoms with van der Waals surface area (Å²) in [5, 5.41) is 0.654. The molecule has 0 amide bonds. The molecule has 1 heterocycles. The van der Waals surface area contributed by atoms with Crippen LogP contribution in [0.5, 0.6) is 11.5 Å². The molecule has 140 valence electrons. The van der Waals surface area contributed by atoms with Crippen LogP contribution in [-0.2, 0) is 0 Å². The van der Waals surface area contributed by atoms with Crippen LogP contribution in [-0.4, -0.2) is 23.8 Å². The smallest absolute Gasteiger partial charge is 0.119 e. The molecule has 0 saturated carbocycles. The van der Waals surface area contributed by atoms with E-state index >= 15 is 0 Å². The zero-order chi connectivity index (χ0) is 19.5. The summed E-state index contributed by atoms with van der Waals surface area (Å²) in [5.41, 5.74) is 4.58. The van der Waals surface area contributed by atoms with Gasteiger partial charge in [0.15, 0.2) is 0 Å². The molecule has 0 spiro atoms. The Kier molecular flexibility index (Phi) is 5.04. The quantitative estimate of drug-likeness (QED) is 0.427. The second-order valence-electron chi connectivity index (χ2n) is 6.23. The van der Waals surface area contributed by atoms with Crippen molar-refractivity contribution >= 4 is 11.6 Å². The van der Waals surface area contributed by atoms with Gasteiger partial charge in [0.25, 0.3) is 0 Å².